The molecule has 0 spiro atoms. The first kappa shape index (κ1) is 16.6. The number of carboxylic acid groups (broad SMARTS) is 1. The van der Waals surface area contributed by atoms with E-state index in [0.29, 0.717) is 26.3 Å². The lowest BCUT2D eigenvalue weighted by molar-refractivity contribution is -0.140. The summed E-state index contributed by atoms with van der Waals surface area (Å²) < 4.78 is 16.9. The van der Waals surface area contributed by atoms with Gasteiger partial charge in [0.25, 0.3) is 0 Å². The first-order valence-corrected chi connectivity index (χ1v) is 7.59. The molecule has 0 radical (unpaired) electrons. The minimum atomic E-state index is -1.65. The van der Waals surface area contributed by atoms with Gasteiger partial charge in [-0.1, -0.05) is 0 Å². The zero-order chi connectivity index (χ0) is 15.1. The first-order valence-electron chi connectivity index (χ1n) is 6.10. The summed E-state index contributed by atoms with van der Waals surface area (Å²) in [5.74, 6) is -2.62. The molecule has 114 valence electrons. The number of carbonyl (C=O) groups excluding carboxylic acids is 2. The molecule has 1 fully saturated rings. The van der Waals surface area contributed by atoms with Crippen molar-refractivity contribution < 1.29 is 28.4 Å². The predicted molar refractivity (Wildman–Crippen MR) is 70.5 cm³/mol. The second-order valence-electron chi connectivity index (χ2n) is 4.34. The fourth-order valence-corrected chi connectivity index (χ4v) is 2.88. The molecule has 1 aliphatic heterocycles. The van der Waals surface area contributed by atoms with Gasteiger partial charge in [-0.2, -0.15) is 0 Å². The summed E-state index contributed by atoms with van der Waals surface area (Å²) in [6, 6.07) is -1.24. The summed E-state index contributed by atoms with van der Waals surface area (Å²) in [6.45, 7) is 2.97. The number of amides is 2. The van der Waals surface area contributed by atoms with Gasteiger partial charge in [-0.25, -0.2) is 4.79 Å². The molecule has 0 saturated carbocycles. The van der Waals surface area contributed by atoms with E-state index in [2.05, 4.69) is 5.32 Å². The smallest absolute Gasteiger partial charge is 0.327 e. The Bertz CT molecular complexity index is 408. The molecule has 8 nitrogen and oxygen atoms in total. The van der Waals surface area contributed by atoms with E-state index < -0.39 is 28.7 Å². The molecule has 20 heavy (non-hydrogen) atoms. The lowest BCUT2D eigenvalue weighted by Gasteiger charge is -2.26. The molecule has 1 aliphatic rings. The van der Waals surface area contributed by atoms with Gasteiger partial charge in [-0.05, 0) is 0 Å². The van der Waals surface area contributed by atoms with Crippen LogP contribution < -0.4 is 5.32 Å². The molecule has 0 bridgehead atoms. The van der Waals surface area contributed by atoms with Gasteiger partial charge in [0.05, 0.1) is 19.0 Å². The highest BCUT2D eigenvalue weighted by molar-refractivity contribution is 7.85. The largest absolute Gasteiger partial charge is 0.480 e. The van der Waals surface area contributed by atoms with Crippen LogP contribution in [0.3, 0.4) is 0 Å². The highest BCUT2D eigenvalue weighted by Gasteiger charge is 2.24. The second kappa shape index (κ2) is 7.95. The Balaban J connectivity index is 2.46. The number of morpholine rings is 1. The van der Waals surface area contributed by atoms with E-state index in [-0.39, 0.29) is 17.4 Å². The van der Waals surface area contributed by atoms with Crippen molar-refractivity contribution in [3.63, 3.8) is 0 Å². The minimum Gasteiger partial charge on any atom is -0.480 e. The number of nitrogens with one attached hydrogen (secondary N) is 1. The van der Waals surface area contributed by atoms with Gasteiger partial charge >= 0.3 is 5.97 Å². The van der Waals surface area contributed by atoms with Gasteiger partial charge < -0.3 is 20.1 Å². The molecule has 0 aromatic carbocycles. The van der Waals surface area contributed by atoms with Crippen molar-refractivity contribution in [2.24, 2.45) is 0 Å². The molecule has 2 amide bonds. The van der Waals surface area contributed by atoms with Gasteiger partial charge in [0.2, 0.25) is 11.8 Å². The summed E-state index contributed by atoms with van der Waals surface area (Å²) in [4.78, 5) is 35.1. The van der Waals surface area contributed by atoms with Crippen LogP contribution in [0.5, 0.6) is 0 Å². The van der Waals surface area contributed by atoms with Crippen LogP contribution in [0.15, 0.2) is 0 Å². The van der Waals surface area contributed by atoms with Crippen LogP contribution in [0.25, 0.3) is 0 Å². The SMILES string of the molecule is CC(=O)NC(CS(=O)CC(=O)N1CCOCC1)C(=O)O. The van der Waals surface area contributed by atoms with E-state index >= 15 is 0 Å². The van der Waals surface area contributed by atoms with Gasteiger partial charge in [0.1, 0.15) is 11.8 Å². The Morgan fingerprint density at radius 1 is 1.35 bits per heavy atom. The molecule has 1 heterocycles. The van der Waals surface area contributed by atoms with E-state index in [1.54, 1.807) is 0 Å². The molecule has 0 aromatic rings. The van der Waals surface area contributed by atoms with Crippen molar-refractivity contribution >= 4 is 28.6 Å². The third-order valence-corrected chi connectivity index (χ3v) is 3.95. The van der Waals surface area contributed by atoms with Crippen LogP contribution in [0.1, 0.15) is 6.92 Å². The van der Waals surface area contributed by atoms with Gasteiger partial charge in [-0.15, -0.1) is 0 Å². The zero-order valence-corrected chi connectivity index (χ0v) is 12.0. The predicted octanol–water partition coefficient (Wildman–Crippen LogP) is -1.82. The van der Waals surface area contributed by atoms with Crippen LogP contribution in [0.2, 0.25) is 0 Å². The van der Waals surface area contributed by atoms with E-state index in [9.17, 15) is 18.6 Å². The van der Waals surface area contributed by atoms with Gasteiger partial charge in [-0.3, -0.25) is 13.8 Å². The quantitative estimate of drug-likeness (QED) is 0.597. The molecular weight excluding hydrogens is 288 g/mol. The maximum Gasteiger partial charge on any atom is 0.327 e. The molecule has 0 aliphatic carbocycles. The Morgan fingerprint density at radius 3 is 2.45 bits per heavy atom. The molecule has 2 unspecified atom stereocenters. The van der Waals surface area contributed by atoms with Crippen LogP contribution in [0.4, 0.5) is 0 Å². The monoisotopic (exact) mass is 306 g/mol. The number of carbonyl (C=O) groups is 3. The van der Waals surface area contributed by atoms with Crippen molar-refractivity contribution in [2.45, 2.75) is 13.0 Å². The number of carboxylic acids is 1. The fourth-order valence-electron chi connectivity index (χ4n) is 1.71. The number of hydrogen-bond donors (Lipinski definition) is 2. The highest BCUT2D eigenvalue weighted by Crippen LogP contribution is 2.00. The average Bonchev–Trinajstić information content (AvgIpc) is 2.38. The summed E-state index contributed by atoms with van der Waals surface area (Å²) in [5, 5.41) is 11.1. The van der Waals surface area contributed by atoms with E-state index in [1.165, 1.54) is 11.8 Å². The van der Waals surface area contributed by atoms with Crippen LogP contribution in [-0.4, -0.2) is 75.8 Å². The standard InChI is InChI=1S/C11H18N2O6S/c1-8(14)12-9(11(16)17)6-20(18)7-10(15)13-2-4-19-5-3-13/h9H,2-7H2,1H3,(H,12,14)(H,16,17). The molecule has 1 rings (SSSR count). The normalized spacial score (nSPS) is 18.1. The van der Waals surface area contributed by atoms with Crippen molar-refractivity contribution in [3.05, 3.63) is 0 Å². The summed E-state index contributed by atoms with van der Waals surface area (Å²) in [5.41, 5.74) is 0. The van der Waals surface area contributed by atoms with Crippen molar-refractivity contribution in [1.82, 2.24) is 10.2 Å². The highest BCUT2D eigenvalue weighted by atomic mass is 32.2. The van der Waals surface area contributed by atoms with E-state index in [1.807, 2.05) is 0 Å². The van der Waals surface area contributed by atoms with Gasteiger partial charge in [0.15, 0.2) is 0 Å². The van der Waals surface area contributed by atoms with Crippen LogP contribution in [0, 0.1) is 0 Å². The van der Waals surface area contributed by atoms with E-state index in [4.69, 9.17) is 9.84 Å². The van der Waals surface area contributed by atoms with Crippen molar-refractivity contribution in [2.75, 3.05) is 37.8 Å². The molecule has 1 saturated heterocycles. The number of hydrogen-bond acceptors (Lipinski definition) is 5. The average molecular weight is 306 g/mol. The third-order valence-electron chi connectivity index (χ3n) is 2.68. The van der Waals surface area contributed by atoms with Crippen LogP contribution in [-0.2, 0) is 29.9 Å². The topological polar surface area (TPSA) is 113 Å². The Hall–Kier alpha value is -1.48. The first-order chi connectivity index (χ1) is 9.40. The minimum absolute atomic E-state index is 0.247. The number of ether oxygens (including phenoxy) is 1. The van der Waals surface area contributed by atoms with Crippen molar-refractivity contribution in [3.8, 4) is 0 Å². The second-order valence-corrected chi connectivity index (χ2v) is 5.84. The van der Waals surface area contributed by atoms with Crippen molar-refractivity contribution in [1.29, 1.82) is 0 Å². The Kier molecular flexibility index (Phi) is 6.59. The Morgan fingerprint density at radius 2 is 1.95 bits per heavy atom. The lowest BCUT2D eigenvalue weighted by Crippen LogP contribution is -2.46. The number of aliphatic carboxylic acids is 1. The Labute approximate surface area is 118 Å². The zero-order valence-electron chi connectivity index (χ0n) is 11.2. The number of nitrogens with zero attached hydrogens (tertiary/aromatic N) is 1. The summed E-state index contributed by atoms with van der Waals surface area (Å²) in [6.07, 6.45) is 0. The summed E-state index contributed by atoms with van der Waals surface area (Å²) in [7, 11) is -1.65. The molecule has 9 heteroatoms. The summed E-state index contributed by atoms with van der Waals surface area (Å²) >= 11 is 0. The molecular formula is C11H18N2O6S. The lowest BCUT2D eigenvalue weighted by atomic mass is 10.3. The molecule has 2 atom stereocenters. The maximum absolute atomic E-state index is 11.8. The molecule has 2 N–H and O–H groups in total. The molecule has 0 aromatic heterocycles. The fraction of sp³-hybridized carbons (Fsp3) is 0.727. The third kappa shape index (κ3) is 5.66. The van der Waals surface area contributed by atoms with Crippen LogP contribution >= 0.6 is 0 Å². The van der Waals surface area contributed by atoms with Gasteiger partial charge in [0, 0.05) is 30.8 Å². The van der Waals surface area contributed by atoms with E-state index in [0.717, 1.165) is 0 Å². The number of rotatable bonds is 6. The maximum atomic E-state index is 11.8.